The molecule has 0 aliphatic carbocycles. The lowest BCUT2D eigenvalue weighted by Crippen LogP contribution is -2.35. The first-order chi connectivity index (χ1) is 4.88. The SMILES string of the molecule is CN1CNC2C=CC=CN21. The maximum atomic E-state index is 3.32. The van der Waals surface area contributed by atoms with E-state index in [1.165, 1.54) is 0 Å². The summed E-state index contributed by atoms with van der Waals surface area (Å²) in [6.07, 6.45) is 8.71. The standard InChI is InChI=1S/C7H11N3/c1-9-6-8-7-4-2-3-5-10(7)9/h2-5,7-8H,6H2,1H3. The van der Waals surface area contributed by atoms with E-state index in [9.17, 15) is 0 Å². The average molecular weight is 137 g/mol. The van der Waals surface area contributed by atoms with E-state index >= 15 is 0 Å². The van der Waals surface area contributed by atoms with Crippen molar-refractivity contribution in [1.82, 2.24) is 15.3 Å². The van der Waals surface area contributed by atoms with Crippen LogP contribution in [0.5, 0.6) is 0 Å². The zero-order valence-electron chi connectivity index (χ0n) is 5.99. The van der Waals surface area contributed by atoms with E-state index in [2.05, 4.69) is 40.7 Å². The number of hydrazine groups is 1. The molecule has 1 unspecified atom stereocenters. The molecule has 3 heteroatoms. The van der Waals surface area contributed by atoms with E-state index in [1.807, 2.05) is 6.08 Å². The van der Waals surface area contributed by atoms with Crippen molar-refractivity contribution >= 4 is 0 Å². The normalized spacial score (nSPS) is 31.3. The van der Waals surface area contributed by atoms with Gasteiger partial charge < -0.3 is 0 Å². The van der Waals surface area contributed by atoms with Crippen molar-refractivity contribution in [2.24, 2.45) is 0 Å². The zero-order chi connectivity index (χ0) is 6.97. The zero-order valence-corrected chi connectivity index (χ0v) is 5.99. The van der Waals surface area contributed by atoms with Crippen molar-refractivity contribution in [3.63, 3.8) is 0 Å². The fourth-order valence-corrected chi connectivity index (χ4v) is 1.28. The van der Waals surface area contributed by atoms with Crippen LogP contribution in [0.25, 0.3) is 0 Å². The van der Waals surface area contributed by atoms with Gasteiger partial charge in [0, 0.05) is 13.2 Å². The lowest BCUT2D eigenvalue weighted by atomic mass is 10.3. The highest BCUT2D eigenvalue weighted by molar-refractivity contribution is 5.12. The van der Waals surface area contributed by atoms with Crippen LogP contribution in [0.15, 0.2) is 24.4 Å². The molecule has 1 N–H and O–H groups in total. The summed E-state index contributed by atoms with van der Waals surface area (Å²) in [6, 6.07) is 0. The van der Waals surface area contributed by atoms with Crippen LogP contribution in [0.2, 0.25) is 0 Å². The Hall–Kier alpha value is -0.800. The summed E-state index contributed by atoms with van der Waals surface area (Å²) in [5.74, 6) is 0. The largest absolute Gasteiger partial charge is 0.291 e. The van der Waals surface area contributed by atoms with E-state index in [0.29, 0.717) is 6.17 Å². The maximum Gasteiger partial charge on any atom is 0.115 e. The summed E-state index contributed by atoms with van der Waals surface area (Å²) in [7, 11) is 2.07. The molecule has 0 bridgehead atoms. The van der Waals surface area contributed by atoms with Gasteiger partial charge in [-0.2, -0.15) is 0 Å². The minimum Gasteiger partial charge on any atom is -0.291 e. The smallest absolute Gasteiger partial charge is 0.115 e. The van der Waals surface area contributed by atoms with Crippen molar-refractivity contribution in [3.05, 3.63) is 24.4 Å². The van der Waals surface area contributed by atoms with Crippen molar-refractivity contribution in [2.45, 2.75) is 6.17 Å². The second kappa shape index (κ2) is 2.11. The van der Waals surface area contributed by atoms with Crippen LogP contribution in [-0.4, -0.2) is 29.9 Å². The summed E-state index contributed by atoms with van der Waals surface area (Å²) in [5, 5.41) is 7.63. The van der Waals surface area contributed by atoms with Gasteiger partial charge in [0.25, 0.3) is 0 Å². The molecule has 1 fully saturated rings. The number of hydrogen-bond acceptors (Lipinski definition) is 3. The molecule has 54 valence electrons. The van der Waals surface area contributed by atoms with Gasteiger partial charge in [-0.05, 0) is 12.2 Å². The number of allylic oxidation sites excluding steroid dienone is 2. The lowest BCUT2D eigenvalue weighted by Gasteiger charge is -2.26. The third-order valence-corrected chi connectivity index (χ3v) is 1.85. The van der Waals surface area contributed by atoms with Gasteiger partial charge in [0.15, 0.2) is 0 Å². The molecular formula is C7H11N3. The Morgan fingerprint density at radius 1 is 1.50 bits per heavy atom. The highest BCUT2D eigenvalue weighted by Gasteiger charge is 2.23. The molecule has 0 radical (unpaired) electrons. The Morgan fingerprint density at radius 3 is 3.20 bits per heavy atom. The molecule has 3 nitrogen and oxygen atoms in total. The molecule has 2 aliphatic rings. The maximum absolute atomic E-state index is 3.32. The molecule has 2 rings (SSSR count). The van der Waals surface area contributed by atoms with Gasteiger partial charge in [-0.1, -0.05) is 6.08 Å². The number of hydrogen-bond donors (Lipinski definition) is 1. The Labute approximate surface area is 60.6 Å². The summed E-state index contributed by atoms with van der Waals surface area (Å²) in [4.78, 5) is 0. The monoisotopic (exact) mass is 137 g/mol. The molecule has 0 aromatic carbocycles. The van der Waals surface area contributed by atoms with Crippen LogP contribution in [-0.2, 0) is 0 Å². The fourth-order valence-electron chi connectivity index (χ4n) is 1.28. The topological polar surface area (TPSA) is 18.5 Å². The molecule has 0 aromatic rings. The van der Waals surface area contributed by atoms with Crippen LogP contribution in [0.3, 0.4) is 0 Å². The average Bonchev–Trinajstić information content (AvgIpc) is 2.34. The highest BCUT2D eigenvalue weighted by atomic mass is 15.7. The van der Waals surface area contributed by atoms with Gasteiger partial charge in [-0.15, -0.1) is 0 Å². The third-order valence-electron chi connectivity index (χ3n) is 1.85. The lowest BCUT2D eigenvalue weighted by molar-refractivity contribution is 0.0933. The van der Waals surface area contributed by atoms with E-state index in [1.54, 1.807) is 0 Å². The van der Waals surface area contributed by atoms with Crippen molar-refractivity contribution in [3.8, 4) is 0 Å². The summed E-state index contributed by atoms with van der Waals surface area (Å²) < 4.78 is 0. The van der Waals surface area contributed by atoms with Crippen molar-refractivity contribution < 1.29 is 0 Å². The van der Waals surface area contributed by atoms with Crippen LogP contribution in [0.4, 0.5) is 0 Å². The Morgan fingerprint density at radius 2 is 2.40 bits per heavy atom. The van der Waals surface area contributed by atoms with Gasteiger partial charge in [0.1, 0.15) is 6.17 Å². The van der Waals surface area contributed by atoms with Crippen LogP contribution < -0.4 is 5.32 Å². The molecular weight excluding hydrogens is 126 g/mol. The summed E-state index contributed by atoms with van der Waals surface area (Å²) in [5.41, 5.74) is 0. The van der Waals surface area contributed by atoms with Crippen molar-refractivity contribution in [1.29, 1.82) is 0 Å². The molecule has 0 amide bonds. The van der Waals surface area contributed by atoms with Crippen LogP contribution in [0.1, 0.15) is 0 Å². The second-order valence-corrected chi connectivity index (χ2v) is 2.57. The molecule has 2 heterocycles. The van der Waals surface area contributed by atoms with Gasteiger partial charge in [-0.3, -0.25) is 10.3 Å². The molecule has 0 spiro atoms. The minimum atomic E-state index is 0.384. The summed E-state index contributed by atoms with van der Waals surface area (Å²) in [6.45, 7) is 0.930. The highest BCUT2D eigenvalue weighted by Crippen LogP contribution is 2.12. The predicted molar refractivity (Wildman–Crippen MR) is 39.7 cm³/mol. The second-order valence-electron chi connectivity index (χ2n) is 2.57. The molecule has 1 atom stereocenters. The summed E-state index contributed by atoms with van der Waals surface area (Å²) >= 11 is 0. The molecule has 10 heavy (non-hydrogen) atoms. The van der Waals surface area contributed by atoms with Gasteiger partial charge >= 0.3 is 0 Å². The van der Waals surface area contributed by atoms with E-state index in [4.69, 9.17) is 0 Å². The number of nitrogens with zero attached hydrogens (tertiary/aromatic N) is 2. The Balaban J connectivity index is 2.19. The predicted octanol–water partition coefficient (Wildman–Crippen LogP) is 0.105. The fraction of sp³-hybridized carbons (Fsp3) is 0.429. The first-order valence-electron chi connectivity index (χ1n) is 3.46. The van der Waals surface area contributed by atoms with Gasteiger partial charge in [0.05, 0.1) is 6.67 Å². The number of rotatable bonds is 0. The van der Waals surface area contributed by atoms with Gasteiger partial charge in [-0.25, -0.2) is 5.01 Å². The third kappa shape index (κ3) is 0.751. The van der Waals surface area contributed by atoms with E-state index < -0.39 is 0 Å². The number of fused-ring (bicyclic) bond motifs is 1. The first kappa shape index (κ1) is 5.95. The van der Waals surface area contributed by atoms with Crippen molar-refractivity contribution in [2.75, 3.05) is 13.7 Å². The Bertz CT molecular complexity index is 185. The van der Waals surface area contributed by atoms with Gasteiger partial charge in [0.2, 0.25) is 0 Å². The van der Waals surface area contributed by atoms with E-state index in [0.717, 1.165) is 6.67 Å². The molecule has 2 aliphatic heterocycles. The molecule has 0 saturated carbocycles. The number of nitrogens with one attached hydrogen (secondary N) is 1. The molecule has 0 aromatic heterocycles. The first-order valence-corrected chi connectivity index (χ1v) is 3.46. The van der Waals surface area contributed by atoms with Crippen LogP contribution >= 0.6 is 0 Å². The van der Waals surface area contributed by atoms with Crippen LogP contribution in [0, 0.1) is 0 Å². The minimum absolute atomic E-state index is 0.384. The molecule has 1 saturated heterocycles. The van der Waals surface area contributed by atoms with E-state index in [-0.39, 0.29) is 0 Å². The Kier molecular flexibility index (Phi) is 1.25. The quantitative estimate of drug-likeness (QED) is 0.511.